The number of pyridine rings is 1. The molecule has 0 fully saturated rings. The molecule has 5 heteroatoms. The van der Waals surface area contributed by atoms with Crippen LogP contribution in [0.5, 0.6) is 5.75 Å². The molecule has 0 saturated heterocycles. The Balaban J connectivity index is 2.71. The first kappa shape index (κ1) is 12.2. The van der Waals surface area contributed by atoms with E-state index in [0.717, 1.165) is 15.6 Å². The molecular weight excluding hydrogens is 304 g/mol. The van der Waals surface area contributed by atoms with Gasteiger partial charge in [0.2, 0.25) is 0 Å². The molecule has 0 spiro atoms. The third-order valence-corrected chi connectivity index (χ3v) is 3.21. The zero-order valence-electron chi connectivity index (χ0n) is 9.08. The highest BCUT2D eigenvalue weighted by molar-refractivity contribution is 9.10. The predicted molar refractivity (Wildman–Crippen MR) is 73.3 cm³/mol. The molecule has 0 aliphatic carbocycles. The molecule has 1 aromatic heterocycles. The molecule has 0 unspecified atom stereocenters. The minimum Gasteiger partial charge on any atom is -0.496 e. The van der Waals surface area contributed by atoms with Crippen molar-refractivity contribution in [1.29, 1.82) is 0 Å². The van der Waals surface area contributed by atoms with E-state index in [1.54, 1.807) is 37.7 Å². The Kier molecular flexibility index (Phi) is 3.54. The van der Waals surface area contributed by atoms with E-state index in [0.29, 0.717) is 16.5 Å². The normalized spacial score (nSPS) is 10.3. The van der Waals surface area contributed by atoms with Crippen molar-refractivity contribution in [2.45, 2.75) is 0 Å². The summed E-state index contributed by atoms with van der Waals surface area (Å²) in [6.45, 7) is 0. The second-order valence-corrected chi connectivity index (χ2v) is 4.72. The zero-order valence-corrected chi connectivity index (χ0v) is 11.4. The molecule has 0 radical (unpaired) electrons. The van der Waals surface area contributed by atoms with Crippen molar-refractivity contribution in [2.75, 3.05) is 12.8 Å². The molecule has 17 heavy (non-hydrogen) atoms. The van der Waals surface area contributed by atoms with Crippen molar-refractivity contribution in [2.24, 2.45) is 0 Å². The van der Waals surface area contributed by atoms with Crippen molar-refractivity contribution in [3.8, 4) is 16.9 Å². The van der Waals surface area contributed by atoms with Crippen LogP contribution in [-0.4, -0.2) is 12.1 Å². The van der Waals surface area contributed by atoms with Gasteiger partial charge in [-0.25, -0.2) is 0 Å². The maximum atomic E-state index is 5.97. The van der Waals surface area contributed by atoms with Crippen molar-refractivity contribution >= 4 is 33.2 Å². The third-order valence-electron chi connectivity index (χ3n) is 2.36. The average molecular weight is 314 g/mol. The highest BCUT2D eigenvalue weighted by atomic mass is 79.9. The number of nitrogens with two attached hydrogens (primary N) is 1. The second kappa shape index (κ2) is 4.94. The molecule has 0 aliphatic rings. The van der Waals surface area contributed by atoms with Crippen molar-refractivity contribution in [3.05, 3.63) is 40.1 Å². The van der Waals surface area contributed by atoms with Crippen LogP contribution < -0.4 is 10.5 Å². The predicted octanol–water partition coefficient (Wildman–Crippen LogP) is 3.76. The minimum absolute atomic E-state index is 0.597. The second-order valence-electron chi connectivity index (χ2n) is 3.43. The molecular formula is C12H10BrClN2O. The lowest BCUT2D eigenvalue weighted by molar-refractivity contribution is 0.416. The van der Waals surface area contributed by atoms with E-state index in [4.69, 9.17) is 22.1 Å². The minimum atomic E-state index is 0.597. The molecule has 0 aliphatic heterocycles. The van der Waals surface area contributed by atoms with Crippen molar-refractivity contribution in [1.82, 2.24) is 4.98 Å². The summed E-state index contributed by atoms with van der Waals surface area (Å²) in [6, 6.07) is 5.29. The fourth-order valence-corrected chi connectivity index (χ4v) is 2.58. The van der Waals surface area contributed by atoms with Gasteiger partial charge in [-0.1, -0.05) is 11.6 Å². The van der Waals surface area contributed by atoms with Gasteiger partial charge >= 0.3 is 0 Å². The largest absolute Gasteiger partial charge is 0.496 e. The fraction of sp³-hybridized carbons (Fsp3) is 0.0833. The summed E-state index contributed by atoms with van der Waals surface area (Å²) in [7, 11) is 1.59. The first-order valence-electron chi connectivity index (χ1n) is 4.86. The number of hydrogen-bond acceptors (Lipinski definition) is 3. The molecule has 2 N–H and O–H groups in total. The van der Waals surface area contributed by atoms with Crippen LogP contribution in [0.25, 0.3) is 11.1 Å². The molecule has 1 aromatic carbocycles. The van der Waals surface area contributed by atoms with Crippen LogP contribution in [0.4, 0.5) is 5.69 Å². The number of rotatable bonds is 2. The van der Waals surface area contributed by atoms with E-state index >= 15 is 0 Å². The summed E-state index contributed by atoms with van der Waals surface area (Å²) in [6.07, 6.45) is 3.35. The first-order valence-corrected chi connectivity index (χ1v) is 6.03. The monoisotopic (exact) mass is 312 g/mol. The molecule has 2 aromatic rings. The van der Waals surface area contributed by atoms with E-state index < -0.39 is 0 Å². The summed E-state index contributed by atoms with van der Waals surface area (Å²) in [5.74, 6) is 0.657. The van der Waals surface area contributed by atoms with Gasteiger partial charge in [-0.05, 0) is 34.1 Å². The Morgan fingerprint density at radius 3 is 2.82 bits per heavy atom. The van der Waals surface area contributed by atoms with Gasteiger partial charge in [0, 0.05) is 38.7 Å². The smallest absolute Gasteiger partial charge is 0.129 e. The lowest BCUT2D eigenvalue weighted by Gasteiger charge is -2.12. The number of nitrogens with zero attached hydrogens (tertiary/aromatic N) is 1. The number of ether oxygens (including phenoxy) is 1. The number of methoxy groups -OCH3 is 1. The number of anilines is 1. The molecule has 2 rings (SSSR count). The standard InChI is InChI=1S/C12H10BrClN2O/c1-17-11-5-7(14)4-9(13)12(11)8-6-16-3-2-10(8)15/h2-6H,1H3,(H2,15,16). The highest BCUT2D eigenvalue weighted by Gasteiger charge is 2.14. The van der Waals surface area contributed by atoms with Gasteiger partial charge in [0.25, 0.3) is 0 Å². The van der Waals surface area contributed by atoms with Crippen LogP contribution in [0.3, 0.4) is 0 Å². The Hall–Kier alpha value is -1.26. The molecule has 0 bridgehead atoms. The first-order chi connectivity index (χ1) is 8.13. The van der Waals surface area contributed by atoms with Gasteiger partial charge < -0.3 is 10.5 Å². The lowest BCUT2D eigenvalue weighted by atomic mass is 10.1. The van der Waals surface area contributed by atoms with E-state index in [2.05, 4.69) is 20.9 Å². The SMILES string of the molecule is COc1cc(Cl)cc(Br)c1-c1cnccc1N. The van der Waals surface area contributed by atoms with E-state index in [-0.39, 0.29) is 0 Å². The fourth-order valence-electron chi connectivity index (χ4n) is 1.59. The molecule has 3 nitrogen and oxygen atoms in total. The third kappa shape index (κ3) is 2.37. The van der Waals surface area contributed by atoms with Gasteiger partial charge in [0.05, 0.1) is 7.11 Å². The molecule has 0 atom stereocenters. The van der Waals surface area contributed by atoms with E-state index in [1.165, 1.54) is 0 Å². The van der Waals surface area contributed by atoms with E-state index in [1.807, 2.05) is 0 Å². The summed E-state index contributed by atoms with van der Waals surface area (Å²) in [4.78, 5) is 4.07. The van der Waals surface area contributed by atoms with Crippen LogP contribution in [0.2, 0.25) is 5.02 Å². The number of aromatic nitrogens is 1. The molecule has 1 heterocycles. The van der Waals surface area contributed by atoms with Gasteiger partial charge in [-0.3, -0.25) is 4.98 Å². The van der Waals surface area contributed by atoms with Crippen LogP contribution in [0.1, 0.15) is 0 Å². The Bertz CT molecular complexity index is 560. The van der Waals surface area contributed by atoms with Crippen LogP contribution >= 0.6 is 27.5 Å². The molecule has 88 valence electrons. The maximum absolute atomic E-state index is 5.97. The number of nitrogen functional groups attached to an aromatic ring is 1. The highest BCUT2D eigenvalue weighted by Crippen LogP contribution is 2.40. The zero-order chi connectivity index (χ0) is 12.4. The van der Waals surface area contributed by atoms with Gasteiger partial charge in [-0.15, -0.1) is 0 Å². The Morgan fingerprint density at radius 2 is 2.18 bits per heavy atom. The van der Waals surface area contributed by atoms with Crippen molar-refractivity contribution < 1.29 is 4.74 Å². The number of benzene rings is 1. The van der Waals surface area contributed by atoms with Gasteiger partial charge in [0.15, 0.2) is 0 Å². The average Bonchev–Trinajstić information content (AvgIpc) is 2.29. The number of hydrogen-bond donors (Lipinski definition) is 1. The summed E-state index contributed by atoms with van der Waals surface area (Å²) < 4.78 is 6.14. The van der Waals surface area contributed by atoms with Crippen LogP contribution in [0, 0.1) is 0 Å². The Labute approximate surface area is 113 Å². The van der Waals surface area contributed by atoms with Crippen molar-refractivity contribution in [3.63, 3.8) is 0 Å². The van der Waals surface area contributed by atoms with Crippen LogP contribution in [-0.2, 0) is 0 Å². The number of halogens is 2. The summed E-state index contributed by atoms with van der Waals surface area (Å²) in [5.41, 5.74) is 8.24. The summed E-state index contributed by atoms with van der Waals surface area (Å²) in [5, 5.41) is 0.597. The summed E-state index contributed by atoms with van der Waals surface area (Å²) >= 11 is 9.43. The van der Waals surface area contributed by atoms with Gasteiger partial charge in [0.1, 0.15) is 5.75 Å². The van der Waals surface area contributed by atoms with E-state index in [9.17, 15) is 0 Å². The lowest BCUT2D eigenvalue weighted by Crippen LogP contribution is -1.95. The topological polar surface area (TPSA) is 48.1 Å². The van der Waals surface area contributed by atoms with Crippen LogP contribution in [0.15, 0.2) is 35.1 Å². The molecule has 0 amide bonds. The quantitative estimate of drug-likeness (QED) is 0.918. The van der Waals surface area contributed by atoms with Gasteiger partial charge in [-0.2, -0.15) is 0 Å². The molecule has 0 saturated carbocycles. The Morgan fingerprint density at radius 1 is 1.41 bits per heavy atom. The maximum Gasteiger partial charge on any atom is 0.129 e.